The van der Waals surface area contributed by atoms with Crippen molar-refractivity contribution in [2.24, 2.45) is 17.0 Å². The maximum Gasteiger partial charge on any atom is 0.266 e. The Morgan fingerprint density at radius 3 is 2.85 bits per heavy atom. The normalized spacial score (nSPS) is 26.3. The van der Waals surface area contributed by atoms with E-state index >= 15 is 0 Å². The Kier molecular flexibility index (Phi) is 6.13. The standard InChI is InChI=1S/C19H29N5O3/c1-4-16(24-8-6-20-12-24)18(25)21-10-15-5-7-23(11-13(15)2)19(26)17-9-14(3)22-27-17/h6,8,12-13,15-17H,4-5,7,9-11H2,1-3H3,(H,21,25). The zero-order valence-corrected chi connectivity index (χ0v) is 16.3. The molecule has 0 bridgehead atoms. The molecule has 1 saturated heterocycles. The number of rotatable bonds is 6. The number of carbonyl (C=O) groups is 2. The first-order valence-electron chi connectivity index (χ1n) is 9.72. The predicted octanol–water partition coefficient (Wildman–Crippen LogP) is 1.60. The second kappa shape index (κ2) is 8.54. The van der Waals surface area contributed by atoms with Crippen LogP contribution >= 0.6 is 0 Å². The molecule has 0 saturated carbocycles. The van der Waals surface area contributed by atoms with Crippen molar-refractivity contribution in [2.45, 2.75) is 52.2 Å². The van der Waals surface area contributed by atoms with Gasteiger partial charge in [-0.25, -0.2) is 4.98 Å². The molecule has 27 heavy (non-hydrogen) atoms. The molecular formula is C19H29N5O3. The molecule has 2 aliphatic rings. The van der Waals surface area contributed by atoms with Gasteiger partial charge in [0.25, 0.3) is 5.91 Å². The number of nitrogens with zero attached hydrogens (tertiary/aromatic N) is 4. The quantitative estimate of drug-likeness (QED) is 0.818. The van der Waals surface area contributed by atoms with Crippen molar-refractivity contribution in [3.05, 3.63) is 18.7 Å². The Labute approximate surface area is 159 Å². The second-order valence-corrected chi connectivity index (χ2v) is 7.61. The van der Waals surface area contributed by atoms with Gasteiger partial charge in [-0.05, 0) is 31.6 Å². The highest BCUT2D eigenvalue weighted by Gasteiger charge is 2.35. The van der Waals surface area contributed by atoms with Gasteiger partial charge in [-0.2, -0.15) is 0 Å². The summed E-state index contributed by atoms with van der Waals surface area (Å²) in [6.45, 7) is 8.03. The second-order valence-electron chi connectivity index (χ2n) is 7.61. The Morgan fingerprint density at radius 2 is 2.26 bits per heavy atom. The minimum atomic E-state index is -0.464. The number of aromatic nitrogens is 2. The van der Waals surface area contributed by atoms with Crippen molar-refractivity contribution in [1.29, 1.82) is 0 Å². The molecular weight excluding hydrogens is 346 g/mol. The summed E-state index contributed by atoms with van der Waals surface area (Å²) in [5.41, 5.74) is 0.863. The molecule has 8 nitrogen and oxygen atoms in total. The topological polar surface area (TPSA) is 88.8 Å². The van der Waals surface area contributed by atoms with Crippen LogP contribution in [0.15, 0.2) is 23.9 Å². The summed E-state index contributed by atoms with van der Waals surface area (Å²) >= 11 is 0. The average molecular weight is 375 g/mol. The Bertz CT molecular complexity index is 688. The van der Waals surface area contributed by atoms with Crippen molar-refractivity contribution in [2.75, 3.05) is 19.6 Å². The van der Waals surface area contributed by atoms with Gasteiger partial charge in [0.2, 0.25) is 12.0 Å². The molecule has 2 aliphatic heterocycles. The molecule has 2 amide bonds. The largest absolute Gasteiger partial charge is 0.382 e. The van der Waals surface area contributed by atoms with E-state index in [9.17, 15) is 9.59 Å². The first kappa shape index (κ1) is 19.4. The fourth-order valence-electron chi connectivity index (χ4n) is 3.86. The molecule has 0 spiro atoms. The van der Waals surface area contributed by atoms with E-state index in [0.717, 1.165) is 12.1 Å². The average Bonchev–Trinajstić information content (AvgIpc) is 3.32. The lowest BCUT2D eigenvalue weighted by Crippen LogP contribution is -2.49. The number of nitrogens with one attached hydrogen (secondary N) is 1. The van der Waals surface area contributed by atoms with Gasteiger partial charge in [0.15, 0.2) is 0 Å². The summed E-state index contributed by atoms with van der Waals surface area (Å²) < 4.78 is 1.84. The molecule has 0 aromatic carbocycles. The molecule has 4 unspecified atom stereocenters. The van der Waals surface area contributed by atoms with Crippen molar-refractivity contribution in [3.8, 4) is 0 Å². The van der Waals surface area contributed by atoms with Crippen LogP contribution in [0, 0.1) is 11.8 Å². The van der Waals surface area contributed by atoms with Gasteiger partial charge in [-0.1, -0.05) is 19.0 Å². The number of piperidine rings is 1. The van der Waals surface area contributed by atoms with Crippen LogP contribution in [0.2, 0.25) is 0 Å². The van der Waals surface area contributed by atoms with Gasteiger partial charge < -0.3 is 19.6 Å². The van der Waals surface area contributed by atoms with Crippen molar-refractivity contribution in [3.63, 3.8) is 0 Å². The third-order valence-electron chi connectivity index (χ3n) is 5.60. The molecule has 148 valence electrons. The lowest BCUT2D eigenvalue weighted by Gasteiger charge is -2.37. The molecule has 0 aliphatic carbocycles. The summed E-state index contributed by atoms with van der Waals surface area (Å²) in [7, 11) is 0. The van der Waals surface area contributed by atoms with Crippen LogP contribution in [0.3, 0.4) is 0 Å². The summed E-state index contributed by atoms with van der Waals surface area (Å²) in [5, 5.41) is 6.97. The fraction of sp³-hybridized carbons (Fsp3) is 0.684. The summed E-state index contributed by atoms with van der Waals surface area (Å²) in [5.74, 6) is 0.727. The Morgan fingerprint density at radius 1 is 1.44 bits per heavy atom. The zero-order chi connectivity index (χ0) is 19.4. The highest BCUT2D eigenvalue weighted by molar-refractivity contribution is 5.91. The lowest BCUT2D eigenvalue weighted by molar-refractivity contribution is -0.144. The van der Waals surface area contributed by atoms with E-state index < -0.39 is 6.10 Å². The summed E-state index contributed by atoms with van der Waals surface area (Å²) in [6.07, 6.45) is 6.89. The number of oxime groups is 1. The van der Waals surface area contributed by atoms with Crippen LogP contribution in [0.25, 0.3) is 0 Å². The molecule has 8 heteroatoms. The van der Waals surface area contributed by atoms with Crippen LogP contribution in [0.5, 0.6) is 0 Å². The zero-order valence-electron chi connectivity index (χ0n) is 16.3. The predicted molar refractivity (Wildman–Crippen MR) is 101 cm³/mol. The monoisotopic (exact) mass is 375 g/mol. The van der Waals surface area contributed by atoms with Gasteiger partial charge in [0, 0.05) is 38.4 Å². The molecule has 1 fully saturated rings. The number of hydrogen-bond acceptors (Lipinski definition) is 5. The van der Waals surface area contributed by atoms with E-state index in [1.165, 1.54) is 0 Å². The van der Waals surface area contributed by atoms with E-state index in [1.807, 2.05) is 29.5 Å². The highest BCUT2D eigenvalue weighted by Crippen LogP contribution is 2.25. The number of imidazole rings is 1. The van der Waals surface area contributed by atoms with E-state index in [2.05, 4.69) is 22.4 Å². The molecule has 1 aromatic heterocycles. The summed E-state index contributed by atoms with van der Waals surface area (Å²) in [6, 6.07) is -0.229. The van der Waals surface area contributed by atoms with Gasteiger partial charge in [0.1, 0.15) is 6.04 Å². The molecule has 1 N–H and O–H groups in total. The van der Waals surface area contributed by atoms with E-state index in [1.54, 1.807) is 12.5 Å². The molecule has 3 rings (SSSR count). The lowest BCUT2D eigenvalue weighted by atomic mass is 9.86. The molecule has 1 aromatic rings. The Hall–Kier alpha value is -2.38. The van der Waals surface area contributed by atoms with E-state index in [-0.39, 0.29) is 17.9 Å². The van der Waals surface area contributed by atoms with Crippen LogP contribution in [0.1, 0.15) is 46.1 Å². The number of likely N-dealkylation sites (tertiary alicyclic amines) is 1. The van der Waals surface area contributed by atoms with Crippen LogP contribution in [0.4, 0.5) is 0 Å². The van der Waals surface area contributed by atoms with Crippen molar-refractivity contribution < 1.29 is 14.4 Å². The summed E-state index contributed by atoms with van der Waals surface area (Å²) in [4.78, 5) is 36.2. The molecule has 3 heterocycles. The Balaban J connectivity index is 1.47. The number of carbonyl (C=O) groups excluding carboxylic acids is 2. The van der Waals surface area contributed by atoms with Crippen molar-refractivity contribution >= 4 is 17.5 Å². The van der Waals surface area contributed by atoms with Crippen molar-refractivity contribution in [1.82, 2.24) is 19.8 Å². The highest BCUT2D eigenvalue weighted by atomic mass is 16.6. The van der Waals surface area contributed by atoms with Crippen LogP contribution < -0.4 is 5.32 Å². The third-order valence-corrected chi connectivity index (χ3v) is 5.60. The van der Waals surface area contributed by atoms with E-state index in [4.69, 9.17) is 4.84 Å². The minimum absolute atomic E-state index is 0.0215. The van der Waals surface area contributed by atoms with Gasteiger partial charge in [-0.3, -0.25) is 9.59 Å². The van der Waals surface area contributed by atoms with Gasteiger partial charge >= 0.3 is 0 Å². The maximum atomic E-state index is 12.6. The van der Waals surface area contributed by atoms with Gasteiger partial charge in [0.05, 0.1) is 12.0 Å². The van der Waals surface area contributed by atoms with Crippen LogP contribution in [-0.4, -0.2) is 57.7 Å². The van der Waals surface area contributed by atoms with Gasteiger partial charge in [-0.15, -0.1) is 0 Å². The number of hydrogen-bond donors (Lipinski definition) is 1. The van der Waals surface area contributed by atoms with E-state index in [0.29, 0.717) is 44.3 Å². The molecule has 4 atom stereocenters. The minimum Gasteiger partial charge on any atom is -0.382 e. The smallest absolute Gasteiger partial charge is 0.266 e. The SMILES string of the molecule is CCC(C(=O)NCC1CCN(C(=O)C2CC(C)=NO2)CC1C)n1ccnc1. The first-order chi connectivity index (χ1) is 13.0. The number of amides is 2. The van der Waals surface area contributed by atoms with Crippen LogP contribution in [-0.2, 0) is 14.4 Å². The maximum absolute atomic E-state index is 12.6. The first-order valence-corrected chi connectivity index (χ1v) is 9.72. The molecule has 0 radical (unpaired) electrons. The third kappa shape index (κ3) is 4.48. The fourth-order valence-corrected chi connectivity index (χ4v) is 3.86.